The molecule has 0 unspecified atom stereocenters. The maximum atomic E-state index is 11.8. The number of hydrogen-bond acceptors (Lipinski definition) is 3. The molecule has 1 aromatic carbocycles. The fourth-order valence-corrected chi connectivity index (χ4v) is 1.47. The van der Waals surface area contributed by atoms with Gasteiger partial charge in [0.25, 0.3) is 5.91 Å². The predicted molar refractivity (Wildman–Crippen MR) is 68.9 cm³/mol. The van der Waals surface area contributed by atoms with E-state index in [9.17, 15) is 4.79 Å². The van der Waals surface area contributed by atoms with Crippen molar-refractivity contribution in [2.24, 2.45) is 0 Å². The van der Waals surface area contributed by atoms with Gasteiger partial charge in [-0.25, -0.2) is 0 Å². The van der Waals surface area contributed by atoms with E-state index in [1.54, 1.807) is 24.3 Å². The normalized spacial score (nSPS) is 11.2. The minimum absolute atomic E-state index is 0.113. The zero-order valence-corrected chi connectivity index (χ0v) is 10.6. The van der Waals surface area contributed by atoms with E-state index in [0.29, 0.717) is 24.4 Å². The maximum Gasteiger partial charge on any atom is 0.251 e. The van der Waals surface area contributed by atoms with E-state index in [1.165, 1.54) is 0 Å². The lowest BCUT2D eigenvalue weighted by atomic mass is 10.1. The van der Waals surface area contributed by atoms with Crippen LogP contribution in [0.25, 0.3) is 0 Å². The molecule has 0 aromatic heterocycles. The van der Waals surface area contributed by atoms with Crippen molar-refractivity contribution in [3.63, 3.8) is 0 Å². The van der Waals surface area contributed by atoms with Crippen LogP contribution in [0.5, 0.6) is 0 Å². The lowest BCUT2D eigenvalue weighted by molar-refractivity contribution is -0.00815. The molecule has 4 heteroatoms. The summed E-state index contributed by atoms with van der Waals surface area (Å²) in [7, 11) is 0. The van der Waals surface area contributed by atoms with Crippen LogP contribution in [0.4, 0.5) is 5.69 Å². The summed E-state index contributed by atoms with van der Waals surface area (Å²) < 4.78 is 5.50. The Morgan fingerprint density at radius 2 is 1.94 bits per heavy atom. The van der Waals surface area contributed by atoms with E-state index in [0.717, 1.165) is 0 Å². The summed E-state index contributed by atoms with van der Waals surface area (Å²) in [6.07, 6.45) is 0. The summed E-state index contributed by atoms with van der Waals surface area (Å²) in [5.74, 6) is -0.113. The van der Waals surface area contributed by atoms with Crippen LogP contribution in [0.3, 0.4) is 0 Å². The van der Waals surface area contributed by atoms with Crippen molar-refractivity contribution < 1.29 is 9.53 Å². The standard InChI is InChI=1S/C13H20N2O2/c1-4-17-13(2,3)9-15-12(16)10-5-7-11(14)8-6-10/h5-8H,4,9,14H2,1-3H3,(H,15,16). The van der Waals surface area contributed by atoms with E-state index in [2.05, 4.69) is 5.32 Å². The molecule has 94 valence electrons. The quantitative estimate of drug-likeness (QED) is 0.766. The molecule has 0 aliphatic heterocycles. The zero-order chi connectivity index (χ0) is 12.9. The number of ether oxygens (including phenoxy) is 1. The minimum atomic E-state index is -0.349. The smallest absolute Gasteiger partial charge is 0.251 e. The Kier molecular flexibility index (Phi) is 4.52. The molecule has 0 fully saturated rings. The van der Waals surface area contributed by atoms with Crippen molar-refractivity contribution in [3.8, 4) is 0 Å². The number of nitrogens with two attached hydrogens (primary N) is 1. The van der Waals surface area contributed by atoms with Crippen molar-refractivity contribution in [1.82, 2.24) is 5.32 Å². The topological polar surface area (TPSA) is 64.3 Å². The van der Waals surface area contributed by atoms with E-state index >= 15 is 0 Å². The molecule has 0 saturated carbocycles. The summed E-state index contributed by atoms with van der Waals surface area (Å²) in [6.45, 7) is 6.93. The van der Waals surface area contributed by atoms with Gasteiger partial charge in [0.15, 0.2) is 0 Å². The Morgan fingerprint density at radius 1 is 1.35 bits per heavy atom. The van der Waals surface area contributed by atoms with Crippen molar-refractivity contribution in [3.05, 3.63) is 29.8 Å². The molecule has 0 bridgehead atoms. The van der Waals surface area contributed by atoms with Crippen molar-refractivity contribution in [2.75, 3.05) is 18.9 Å². The zero-order valence-electron chi connectivity index (χ0n) is 10.6. The average Bonchev–Trinajstić information content (AvgIpc) is 2.27. The Labute approximate surface area is 102 Å². The van der Waals surface area contributed by atoms with Crippen LogP contribution < -0.4 is 11.1 Å². The van der Waals surface area contributed by atoms with Gasteiger partial charge in [0.2, 0.25) is 0 Å². The molecule has 0 radical (unpaired) electrons. The number of carbonyl (C=O) groups excluding carboxylic acids is 1. The van der Waals surface area contributed by atoms with Gasteiger partial charge < -0.3 is 15.8 Å². The first kappa shape index (κ1) is 13.5. The third-order valence-electron chi connectivity index (χ3n) is 2.38. The third-order valence-corrected chi connectivity index (χ3v) is 2.38. The number of rotatable bonds is 5. The van der Waals surface area contributed by atoms with E-state index in [-0.39, 0.29) is 11.5 Å². The molecule has 1 aromatic rings. The fourth-order valence-electron chi connectivity index (χ4n) is 1.47. The summed E-state index contributed by atoms with van der Waals surface area (Å²) in [4.78, 5) is 11.8. The average molecular weight is 236 g/mol. The predicted octanol–water partition coefficient (Wildman–Crippen LogP) is 1.81. The molecule has 0 atom stereocenters. The fraction of sp³-hybridized carbons (Fsp3) is 0.462. The summed E-state index contributed by atoms with van der Waals surface area (Å²) >= 11 is 0. The second-order valence-electron chi connectivity index (χ2n) is 4.50. The van der Waals surface area contributed by atoms with Gasteiger partial charge in [-0.3, -0.25) is 4.79 Å². The van der Waals surface area contributed by atoms with Crippen LogP contribution in [0, 0.1) is 0 Å². The first-order valence-corrected chi connectivity index (χ1v) is 5.72. The Bertz CT molecular complexity index is 372. The lowest BCUT2D eigenvalue weighted by Gasteiger charge is -2.24. The molecule has 3 N–H and O–H groups in total. The molecule has 4 nitrogen and oxygen atoms in total. The number of carbonyl (C=O) groups is 1. The molecule has 0 aliphatic rings. The number of amides is 1. The highest BCUT2D eigenvalue weighted by Crippen LogP contribution is 2.09. The monoisotopic (exact) mass is 236 g/mol. The SMILES string of the molecule is CCOC(C)(C)CNC(=O)c1ccc(N)cc1. The van der Waals surface area contributed by atoms with Crippen LogP contribution in [0.1, 0.15) is 31.1 Å². The molecule has 17 heavy (non-hydrogen) atoms. The van der Waals surface area contributed by atoms with Gasteiger partial charge in [-0.05, 0) is 45.0 Å². The van der Waals surface area contributed by atoms with Crippen LogP contribution >= 0.6 is 0 Å². The summed E-state index contributed by atoms with van der Waals surface area (Å²) in [5.41, 5.74) is 6.46. The second kappa shape index (κ2) is 5.68. The molecule has 0 spiro atoms. The summed E-state index contributed by atoms with van der Waals surface area (Å²) in [5, 5.41) is 2.84. The van der Waals surface area contributed by atoms with Gasteiger partial charge in [-0.15, -0.1) is 0 Å². The van der Waals surface area contributed by atoms with Crippen LogP contribution in [0.15, 0.2) is 24.3 Å². The van der Waals surface area contributed by atoms with Crippen molar-refractivity contribution in [2.45, 2.75) is 26.4 Å². The molecule has 1 rings (SSSR count). The first-order valence-electron chi connectivity index (χ1n) is 5.72. The highest BCUT2D eigenvalue weighted by Gasteiger charge is 2.18. The highest BCUT2D eigenvalue weighted by molar-refractivity contribution is 5.94. The van der Waals surface area contributed by atoms with E-state index < -0.39 is 0 Å². The number of benzene rings is 1. The van der Waals surface area contributed by atoms with Gasteiger partial charge in [-0.1, -0.05) is 0 Å². The molecule has 0 heterocycles. The Hall–Kier alpha value is -1.55. The second-order valence-corrected chi connectivity index (χ2v) is 4.50. The minimum Gasteiger partial charge on any atom is -0.399 e. The Balaban J connectivity index is 2.53. The van der Waals surface area contributed by atoms with Gasteiger partial charge >= 0.3 is 0 Å². The van der Waals surface area contributed by atoms with Gasteiger partial charge in [0.05, 0.1) is 5.60 Å². The molecule has 1 amide bonds. The lowest BCUT2D eigenvalue weighted by Crippen LogP contribution is -2.40. The van der Waals surface area contributed by atoms with Gasteiger partial charge in [0.1, 0.15) is 0 Å². The van der Waals surface area contributed by atoms with Gasteiger partial charge in [-0.2, -0.15) is 0 Å². The molecular weight excluding hydrogens is 216 g/mol. The molecular formula is C13H20N2O2. The number of nitrogen functional groups attached to an aromatic ring is 1. The third kappa shape index (κ3) is 4.44. The number of hydrogen-bond donors (Lipinski definition) is 2. The van der Waals surface area contributed by atoms with E-state index in [4.69, 9.17) is 10.5 Å². The first-order chi connectivity index (χ1) is 7.94. The highest BCUT2D eigenvalue weighted by atomic mass is 16.5. The largest absolute Gasteiger partial charge is 0.399 e. The Morgan fingerprint density at radius 3 is 2.47 bits per heavy atom. The van der Waals surface area contributed by atoms with Crippen LogP contribution in [-0.2, 0) is 4.74 Å². The molecule has 0 saturated heterocycles. The molecule has 0 aliphatic carbocycles. The van der Waals surface area contributed by atoms with E-state index in [1.807, 2.05) is 20.8 Å². The van der Waals surface area contributed by atoms with Crippen LogP contribution in [0.2, 0.25) is 0 Å². The number of nitrogens with one attached hydrogen (secondary N) is 1. The van der Waals surface area contributed by atoms with Crippen molar-refractivity contribution in [1.29, 1.82) is 0 Å². The van der Waals surface area contributed by atoms with Gasteiger partial charge in [0, 0.05) is 24.4 Å². The maximum absolute atomic E-state index is 11.8. The number of anilines is 1. The van der Waals surface area contributed by atoms with Crippen LogP contribution in [-0.4, -0.2) is 24.7 Å². The summed E-state index contributed by atoms with van der Waals surface area (Å²) in [6, 6.07) is 6.84. The van der Waals surface area contributed by atoms with Crippen molar-refractivity contribution >= 4 is 11.6 Å².